The number of hydrogen-bond donors (Lipinski definition) is 1. The molecule has 0 bridgehead atoms. The van der Waals surface area contributed by atoms with Crippen molar-refractivity contribution in [3.63, 3.8) is 0 Å². The molecule has 1 heterocycles. The van der Waals surface area contributed by atoms with E-state index >= 15 is 0 Å². The van der Waals surface area contributed by atoms with Crippen LogP contribution in [0.4, 0.5) is 5.69 Å². The summed E-state index contributed by atoms with van der Waals surface area (Å²) in [5.41, 5.74) is 1.33. The SMILES string of the molecule is Cc1ccnn1C(C)C(=O)Nc1c(Cl)cccc1Cl. The molecule has 0 spiro atoms. The molecule has 4 nitrogen and oxygen atoms in total. The predicted octanol–water partition coefficient (Wildman–Crippen LogP) is 3.70. The van der Waals surface area contributed by atoms with Crippen LogP contribution < -0.4 is 5.32 Å². The maximum atomic E-state index is 12.2. The van der Waals surface area contributed by atoms with Crippen molar-refractivity contribution in [2.24, 2.45) is 0 Å². The number of nitrogens with one attached hydrogen (secondary N) is 1. The van der Waals surface area contributed by atoms with Gasteiger partial charge in [-0.1, -0.05) is 29.3 Å². The van der Waals surface area contributed by atoms with Gasteiger partial charge in [-0.05, 0) is 32.0 Å². The molecule has 2 rings (SSSR count). The van der Waals surface area contributed by atoms with Gasteiger partial charge in [-0.25, -0.2) is 0 Å². The number of amides is 1. The Labute approximate surface area is 121 Å². The molecule has 6 heteroatoms. The zero-order chi connectivity index (χ0) is 14.0. The summed E-state index contributed by atoms with van der Waals surface area (Å²) in [5.74, 6) is -0.221. The van der Waals surface area contributed by atoms with Gasteiger partial charge in [0.25, 0.3) is 0 Å². The molecule has 0 radical (unpaired) electrons. The lowest BCUT2D eigenvalue weighted by Gasteiger charge is -2.15. The molecule has 0 aliphatic carbocycles. The van der Waals surface area contributed by atoms with E-state index in [1.807, 2.05) is 13.0 Å². The second-order valence-electron chi connectivity index (χ2n) is 4.18. The highest BCUT2D eigenvalue weighted by Gasteiger charge is 2.19. The maximum absolute atomic E-state index is 12.2. The number of halogens is 2. The van der Waals surface area contributed by atoms with E-state index in [1.54, 1.807) is 36.0 Å². The zero-order valence-electron chi connectivity index (χ0n) is 10.5. The number of aryl methyl sites for hydroxylation is 1. The van der Waals surface area contributed by atoms with E-state index in [0.29, 0.717) is 15.7 Å². The first kappa shape index (κ1) is 13.9. The monoisotopic (exact) mass is 297 g/mol. The number of anilines is 1. The molecule has 1 unspecified atom stereocenters. The van der Waals surface area contributed by atoms with Gasteiger partial charge in [0.05, 0.1) is 15.7 Å². The minimum absolute atomic E-state index is 0.221. The Kier molecular flexibility index (Phi) is 4.12. The molecule has 1 amide bonds. The van der Waals surface area contributed by atoms with Gasteiger partial charge in [-0.2, -0.15) is 5.10 Å². The number of benzene rings is 1. The number of rotatable bonds is 3. The Morgan fingerprint density at radius 1 is 1.32 bits per heavy atom. The van der Waals surface area contributed by atoms with E-state index in [2.05, 4.69) is 10.4 Å². The summed E-state index contributed by atoms with van der Waals surface area (Å²) in [6, 6.07) is 6.47. The van der Waals surface area contributed by atoms with Gasteiger partial charge in [0, 0.05) is 11.9 Å². The highest BCUT2D eigenvalue weighted by molar-refractivity contribution is 6.39. The lowest BCUT2D eigenvalue weighted by Crippen LogP contribution is -2.25. The minimum Gasteiger partial charge on any atom is -0.322 e. The van der Waals surface area contributed by atoms with E-state index in [1.165, 1.54) is 0 Å². The first-order valence-corrected chi connectivity index (χ1v) is 6.51. The van der Waals surface area contributed by atoms with Crippen LogP contribution in [-0.2, 0) is 4.79 Å². The van der Waals surface area contributed by atoms with Crippen LogP contribution in [0.1, 0.15) is 18.7 Å². The highest BCUT2D eigenvalue weighted by Crippen LogP contribution is 2.30. The lowest BCUT2D eigenvalue weighted by molar-refractivity contribution is -0.119. The standard InChI is InChI=1S/C13H13Cl2N3O/c1-8-6-7-16-18(8)9(2)13(19)17-12-10(14)4-3-5-11(12)15/h3-7,9H,1-2H3,(H,17,19). The highest BCUT2D eigenvalue weighted by atomic mass is 35.5. The molecule has 0 saturated carbocycles. The maximum Gasteiger partial charge on any atom is 0.249 e. The fourth-order valence-electron chi connectivity index (χ4n) is 1.74. The van der Waals surface area contributed by atoms with E-state index in [0.717, 1.165) is 5.69 Å². The minimum atomic E-state index is -0.442. The third kappa shape index (κ3) is 2.91. The van der Waals surface area contributed by atoms with Crippen molar-refractivity contribution >= 4 is 34.8 Å². The van der Waals surface area contributed by atoms with Crippen molar-refractivity contribution in [3.8, 4) is 0 Å². The van der Waals surface area contributed by atoms with Gasteiger partial charge in [-0.3, -0.25) is 9.48 Å². The summed E-state index contributed by atoms with van der Waals surface area (Å²) >= 11 is 12.0. The molecular formula is C13H13Cl2N3O. The molecule has 0 aliphatic rings. The fraction of sp³-hybridized carbons (Fsp3) is 0.231. The van der Waals surface area contributed by atoms with E-state index < -0.39 is 6.04 Å². The number of aromatic nitrogens is 2. The Hall–Kier alpha value is -1.52. The Balaban J connectivity index is 2.20. The third-order valence-corrected chi connectivity index (χ3v) is 3.46. The van der Waals surface area contributed by atoms with E-state index in [-0.39, 0.29) is 5.91 Å². The van der Waals surface area contributed by atoms with Crippen LogP contribution in [-0.4, -0.2) is 15.7 Å². The molecule has 0 aliphatic heterocycles. The van der Waals surface area contributed by atoms with Gasteiger partial charge in [0.15, 0.2) is 0 Å². The molecular weight excluding hydrogens is 285 g/mol. The number of carbonyl (C=O) groups excluding carboxylic acids is 1. The van der Waals surface area contributed by atoms with Crippen molar-refractivity contribution in [2.45, 2.75) is 19.9 Å². The molecule has 100 valence electrons. The fourth-order valence-corrected chi connectivity index (χ4v) is 2.23. The van der Waals surface area contributed by atoms with Gasteiger partial charge >= 0.3 is 0 Å². The molecule has 0 fully saturated rings. The first-order chi connectivity index (χ1) is 9.00. The molecule has 1 aromatic carbocycles. The molecule has 1 atom stereocenters. The van der Waals surface area contributed by atoms with Crippen molar-refractivity contribution in [2.75, 3.05) is 5.32 Å². The van der Waals surface area contributed by atoms with Crippen LogP contribution in [0.25, 0.3) is 0 Å². The smallest absolute Gasteiger partial charge is 0.249 e. The molecule has 0 saturated heterocycles. The Bertz CT molecular complexity index is 589. The lowest BCUT2D eigenvalue weighted by atomic mass is 10.2. The van der Waals surface area contributed by atoms with Gasteiger partial charge in [-0.15, -0.1) is 0 Å². The Morgan fingerprint density at radius 3 is 2.47 bits per heavy atom. The van der Waals surface area contributed by atoms with Crippen molar-refractivity contribution < 1.29 is 4.79 Å². The van der Waals surface area contributed by atoms with Crippen LogP contribution in [0.15, 0.2) is 30.5 Å². The molecule has 1 aromatic heterocycles. The van der Waals surface area contributed by atoms with Gasteiger partial charge in [0.2, 0.25) is 5.91 Å². The summed E-state index contributed by atoms with van der Waals surface area (Å²) in [5, 5.41) is 7.66. The number of nitrogens with zero attached hydrogens (tertiary/aromatic N) is 2. The van der Waals surface area contributed by atoms with Crippen molar-refractivity contribution in [1.29, 1.82) is 0 Å². The van der Waals surface area contributed by atoms with Crippen LogP contribution in [0, 0.1) is 6.92 Å². The summed E-state index contributed by atoms with van der Waals surface area (Å²) < 4.78 is 1.64. The quantitative estimate of drug-likeness (QED) is 0.939. The van der Waals surface area contributed by atoms with Gasteiger partial charge in [0.1, 0.15) is 6.04 Å². The van der Waals surface area contributed by atoms with Crippen LogP contribution in [0.3, 0.4) is 0 Å². The Morgan fingerprint density at radius 2 is 1.95 bits per heavy atom. The largest absolute Gasteiger partial charge is 0.322 e. The zero-order valence-corrected chi connectivity index (χ0v) is 12.0. The summed E-state index contributed by atoms with van der Waals surface area (Å²) in [7, 11) is 0. The molecule has 2 aromatic rings. The second-order valence-corrected chi connectivity index (χ2v) is 4.99. The number of carbonyl (C=O) groups is 1. The second kappa shape index (κ2) is 5.63. The topological polar surface area (TPSA) is 46.9 Å². The van der Waals surface area contributed by atoms with Gasteiger partial charge < -0.3 is 5.32 Å². The predicted molar refractivity (Wildman–Crippen MR) is 76.8 cm³/mol. The average molecular weight is 298 g/mol. The molecule has 1 N–H and O–H groups in total. The van der Waals surface area contributed by atoms with Crippen molar-refractivity contribution in [3.05, 3.63) is 46.2 Å². The number of hydrogen-bond acceptors (Lipinski definition) is 2. The third-order valence-electron chi connectivity index (χ3n) is 2.83. The summed E-state index contributed by atoms with van der Waals surface area (Å²) in [4.78, 5) is 12.2. The van der Waals surface area contributed by atoms with E-state index in [9.17, 15) is 4.79 Å². The summed E-state index contributed by atoms with van der Waals surface area (Å²) in [6.07, 6.45) is 1.65. The van der Waals surface area contributed by atoms with Crippen LogP contribution in [0.2, 0.25) is 10.0 Å². The van der Waals surface area contributed by atoms with Crippen molar-refractivity contribution in [1.82, 2.24) is 9.78 Å². The molecule has 19 heavy (non-hydrogen) atoms. The van der Waals surface area contributed by atoms with E-state index in [4.69, 9.17) is 23.2 Å². The summed E-state index contributed by atoms with van der Waals surface area (Å²) in [6.45, 7) is 3.65. The number of para-hydroxylation sites is 1. The average Bonchev–Trinajstić information content (AvgIpc) is 2.79. The normalized spacial score (nSPS) is 12.2. The van der Waals surface area contributed by atoms with Crippen LogP contribution >= 0.6 is 23.2 Å². The van der Waals surface area contributed by atoms with Crippen LogP contribution in [0.5, 0.6) is 0 Å². The first-order valence-electron chi connectivity index (χ1n) is 5.75.